The molecule has 0 aromatic carbocycles. The van der Waals surface area contributed by atoms with Crippen molar-refractivity contribution in [3.05, 3.63) is 23.7 Å². The molecule has 0 atom stereocenters. The van der Waals surface area contributed by atoms with E-state index in [0.29, 0.717) is 0 Å². The normalized spacial score (nSPS) is 18.2. The molecule has 1 N–H and O–H groups in total. The Bertz CT molecular complexity index is 261. The zero-order valence-corrected chi connectivity index (χ0v) is 8.18. The van der Waals surface area contributed by atoms with Crippen LogP contribution in [0.4, 0.5) is 0 Å². The van der Waals surface area contributed by atoms with Crippen molar-refractivity contribution >= 4 is 0 Å². The van der Waals surface area contributed by atoms with Gasteiger partial charge in [0, 0.05) is 6.04 Å². The molecule has 1 aromatic heterocycles. The maximum Gasteiger partial charge on any atom is 0.117 e. The lowest BCUT2D eigenvalue weighted by molar-refractivity contribution is 0.433. The van der Waals surface area contributed by atoms with Gasteiger partial charge < -0.3 is 9.73 Å². The second kappa shape index (κ2) is 3.97. The number of hydrogen-bond donors (Lipinski definition) is 1. The maximum absolute atomic E-state index is 5.48. The van der Waals surface area contributed by atoms with Crippen LogP contribution in [0.5, 0.6) is 0 Å². The lowest BCUT2D eigenvalue weighted by Crippen LogP contribution is -2.24. The highest BCUT2D eigenvalue weighted by atomic mass is 16.3. The van der Waals surface area contributed by atoms with Gasteiger partial charge in [-0.25, -0.2) is 0 Å². The maximum atomic E-state index is 5.48. The number of aryl methyl sites for hydroxylation is 1. The molecular formula is C11H17NO. The largest absolute Gasteiger partial charge is 0.465 e. The predicted octanol–water partition coefficient (Wildman–Crippen LogP) is 2.62. The molecule has 1 aliphatic rings. The Balaban J connectivity index is 1.78. The molecule has 1 heterocycles. The topological polar surface area (TPSA) is 25.2 Å². The Hall–Kier alpha value is -0.760. The van der Waals surface area contributed by atoms with Gasteiger partial charge in [-0.2, -0.15) is 0 Å². The Morgan fingerprint density at radius 2 is 2.15 bits per heavy atom. The highest BCUT2D eigenvalue weighted by Gasteiger charge is 2.14. The molecule has 2 heteroatoms. The van der Waals surface area contributed by atoms with Gasteiger partial charge in [0.15, 0.2) is 0 Å². The summed E-state index contributed by atoms with van der Waals surface area (Å²) in [5.74, 6) is 2.06. The first-order chi connectivity index (χ1) is 6.34. The van der Waals surface area contributed by atoms with Crippen molar-refractivity contribution in [3.63, 3.8) is 0 Å². The van der Waals surface area contributed by atoms with Gasteiger partial charge in [0.2, 0.25) is 0 Å². The first kappa shape index (κ1) is 8.82. The highest BCUT2D eigenvalue weighted by molar-refractivity contribution is 5.05. The molecule has 1 fully saturated rings. The zero-order chi connectivity index (χ0) is 9.10. The highest BCUT2D eigenvalue weighted by Crippen LogP contribution is 2.18. The van der Waals surface area contributed by atoms with Crippen LogP contribution in [0.15, 0.2) is 16.5 Å². The Morgan fingerprint density at radius 1 is 1.38 bits per heavy atom. The van der Waals surface area contributed by atoms with E-state index in [-0.39, 0.29) is 0 Å². The van der Waals surface area contributed by atoms with Gasteiger partial charge in [0.05, 0.1) is 6.54 Å². The van der Waals surface area contributed by atoms with Gasteiger partial charge in [-0.3, -0.25) is 0 Å². The van der Waals surface area contributed by atoms with Crippen molar-refractivity contribution in [1.29, 1.82) is 0 Å². The molecule has 1 aliphatic carbocycles. The number of furan rings is 1. The van der Waals surface area contributed by atoms with E-state index in [0.717, 1.165) is 24.1 Å². The molecule has 0 amide bonds. The lowest BCUT2D eigenvalue weighted by Gasteiger charge is -2.09. The van der Waals surface area contributed by atoms with E-state index in [4.69, 9.17) is 4.42 Å². The van der Waals surface area contributed by atoms with Gasteiger partial charge in [0.25, 0.3) is 0 Å². The Kier molecular flexibility index (Phi) is 2.69. The summed E-state index contributed by atoms with van der Waals surface area (Å²) in [6, 6.07) is 4.80. The summed E-state index contributed by atoms with van der Waals surface area (Å²) in [6.07, 6.45) is 5.43. The third-order valence-corrected chi connectivity index (χ3v) is 2.72. The van der Waals surface area contributed by atoms with Crippen LogP contribution < -0.4 is 5.32 Å². The first-order valence-corrected chi connectivity index (χ1v) is 5.13. The molecule has 72 valence electrons. The summed E-state index contributed by atoms with van der Waals surface area (Å²) < 4.78 is 5.48. The molecule has 13 heavy (non-hydrogen) atoms. The smallest absolute Gasteiger partial charge is 0.117 e. The Morgan fingerprint density at radius 3 is 2.77 bits per heavy atom. The monoisotopic (exact) mass is 179 g/mol. The van der Waals surface area contributed by atoms with Gasteiger partial charge in [-0.1, -0.05) is 12.8 Å². The summed E-state index contributed by atoms with van der Waals surface area (Å²) in [4.78, 5) is 0. The number of nitrogens with one attached hydrogen (secondary N) is 1. The predicted molar refractivity (Wildman–Crippen MR) is 52.5 cm³/mol. The van der Waals surface area contributed by atoms with Gasteiger partial charge in [-0.15, -0.1) is 0 Å². The van der Waals surface area contributed by atoms with E-state index in [9.17, 15) is 0 Å². The van der Waals surface area contributed by atoms with Crippen LogP contribution >= 0.6 is 0 Å². The minimum absolute atomic E-state index is 0.727. The van der Waals surface area contributed by atoms with Crippen molar-refractivity contribution in [2.45, 2.75) is 45.2 Å². The van der Waals surface area contributed by atoms with E-state index in [1.807, 2.05) is 13.0 Å². The van der Waals surface area contributed by atoms with Gasteiger partial charge >= 0.3 is 0 Å². The molecule has 0 spiro atoms. The van der Waals surface area contributed by atoms with Crippen LogP contribution in [0.25, 0.3) is 0 Å². The van der Waals surface area contributed by atoms with E-state index in [1.165, 1.54) is 25.7 Å². The zero-order valence-electron chi connectivity index (χ0n) is 8.18. The fourth-order valence-corrected chi connectivity index (χ4v) is 1.95. The second-order valence-electron chi connectivity index (χ2n) is 3.87. The van der Waals surface area contributed by atoms with Crippen LogP contribution in [0.1, 0.15) is 37.2 Å². The lowest BCUT2D eigenvalue weighted by atomic mass is 10.2. The third-order valence-electron chi connectivity index (χ3n) is 2.72. The van der Waals surface area contributed by atoms with Crippen molar-refractivity contribution in [2.75, 3.05) is 0 Å². The van der Waals surface area contributed by atoms with Gasteiger partial charge in [0.1, 0.15) is 11.5 Å². The summed E-state index contributed by atoms with van der Waals surface area (Å²) in [7, 11) is 0. The third kappa shape index (κ3) is 2.34. The standard InChI is InChI=1S/C11H17NO/c1-9-6-7-11(13-9)8-12-10-4-2-3-5-10/h6-7,10,12H,2-5,8H2,1H3. The average molecular weight is 179 g/mol. The van der Waals surface area contributed by atoms with Crippen LogP contribution in [-0.2, 0) is 6.54 Å². The van der Waals surface area contributed by atoms with Crippen LogP contribution in [0, 0.1) is 6.92 Å². The minimum atomic E-state index is 0.727. The SMILES string of the molecule is Cc1ccc(CNC2CCCC2)o1. The van der Waals surface area contributed by atoms with Crippen LogP contribution in [-0.4, -0.2) is 6.04 Å². The molecular weight excluding hydrogens is 162 g/mol. The number of rotatable bonds is 3. The van der Waals surface area contributed by atoms with E-state index in [1.54, 1.807) is 0 Å². The van der Waals surface area contributed by atoms with E-state index in [2.05, 4.69) is 11.4 Å². The summed E-state index contributed by atoms with van der Waals surface area (Å²) in [5.41, 5.74) is 0. The molecule has 1 saturated carbocycles. The number of hydrogen-bond acceptors (Lipinski definition) is 2. The minimum Gasteiger partial charge on any atom is -0.465 e. The van der Waals surface area contributed by atoms with Crippen molar-refractivity contribution in [1.82, 2.24) is 5.32 Å². The molecule has 0 unspecified atom stereocenters. The molecule has 0 radical (unpaired) electrons. The van der Waals surface area contributed by atoms with Crippen LogP contribution in [0.2, 0.25) is 0 Å². The molecule has 0 aliphatic heterocycles. The first-order valence-electron chi connectivity index (χ1n) is 5.13. The van der Waals surface area contributed by atoms with E-state index >= 15 is 0 Å². The summed E-state index contributed by atoms with van der Waals surface area (Å²) in [6.45, 7) is 2.87. The Labute approximate surface area is 79.3 Å². The fourth-order valence-electron chi connectivity index (χ4n) is 1.95. The molecule has 1 aromatic rings. The van der Waals surface area contributed by atoms with Crippen molar-refractivity contribution < 1.29 is 4.42 Å². The molecule has 0 saturated heterocycles. The van der Waals surface area contributed by atoms with Gasteiger partial charge in [-0.05, 0) is 31.9 Å². The summed E-state index contributed by atoms with van der Waals surface area (Å²) in [5, 5.41) is 3.52. The molecule has 2 nitrogen and oxygen atoms in total. The van der Waals surface area contributed by atoms with E-state index < -0.39 is 0 Å². The average Bonchev–Trinajstić information content (AvgIpc) is 2.71. The molecule has 2 rings (SSSR count). The second-order valence-corrected chi connectivity index (χ2v) is 3.87. The van der Waals surface area contributed by atoms with Crippen molar-refractivity contribution in [3.8, 4) is 0 Å². The summed E-state index contributed by atoms with van der Waals surface area (Å²) >= 11 is 0. The van der Waals surface area contributed by atoms with Crippen molar-refractivity contribution in [2.24, 2.45) is 0 Å². The fraction of sp³-hybridized carbons (Fsp3) is 0.636. The van der Waals surface area contributed by atoms with Crippen LogP contribution in [0.3, 0.4) is 0 Å². The quantitative estimate of drug-likeness (QED) is 0.771. The molecule has 0 bridgehead atoms.